The van der Waals surface area contributed by atoms with Gasteiger partial charge in [-0.05, 0) is 158 Å². The van der Waals surface area contributed by atoms with Gasteiger partial charge in [-0.3, -0.25) is 4.99 Å². The summed E-state index contributed by atoms with van der Waals surface area (Å²) in [6.07, 6.45) is 26.5. The molecule has 3 fully saturated rings. The maximum atomic E-state index is 4.87. The van der Waals surface area contributed by atoms with Gasteiger partial charge >= 0.3 is 0 Å². The Labute approximate surface area is 269 Å². The second-order valence-electron chi connectivity index (χ2n) is 14.0. The molecule has 5 rings (SSSR count). The van der Waals surface area contributed by atoms with Crippen molar-refractivity contribution in [1.29, 1.82) is 0 Å². The number of allylic oxidation sites excluding steroid dienone is 4. The zero-order chi connectivity index (χ0) is 30.7. The van der Waals surface area contributed by atoms with Crippen molar-refractivity contribution >= 4 is 17.6 Å². The number of rotatable bonds is 12. The Morgan fingerprint density at radius 2 is 1.70 bits per heavy atom. The molecule has 0 aromatic heterocycles. The van der Waals surface area contributed by atoms with Crippen LogP contribution < -0.4 is 10.2 Å². The highest BCUT2D eigenvalue weighted by molar-refractivity contribution is 5.76. The molecule has 1 N–H and O–H groups in total. The number of hydrogen-bond acceptors (Lipinski definition) is 5. The first kappa shape index (κ1) is 32.9. The maximum Gasteiger partial charge on any atom is 0.101 e. The van der Waals surface area contributed by atoms with Gasteiger partial charge in [0.2, 0.25) is 0 Å². The number of likely N-dealkylation sites (tertiary alicyclic amines) is 1. The predicted octanol–water partition coefficient (Wildman–Crippen LogP) is 8.71. The minimum Gasteiger partial charge on any atom is -0.371 e. The molecule has 5 nitrogen and oxygen atoms in total. The van der Waals surface area contributed by atoms with Crippen LogP contribution in [0.3, 0.4) is 0 Å². The fraction of sp³-hybridized carbons (Fsp3) is 0.667. The van der Waals surface area contributed by atoms with Gasteiger partial charge in [0.05, 0.1) is 5.69 Å². The van der Waals surface area contributed by atoms with Gasteiger partial charge in [0.1, 0.15) is 5.82 Å². The van der Waals surface area contributed by atoms with E-state index in [2.05, 4.69) is 72.1 Å². The molecule has 0 radical (unpaired) electrons. The first-order valence-corrected chi connectivity index (χ1v) is 18.2. The Kier molecular flexibility index (Phi) is 12.5. The summed E-state index contributed by atoms with van der Waals surface area (Å²) in [5.41, 5.74) is 8.61. The van der Waals surface area contributed by atoms with E-state index < -0.39 is 0 Å². The second-order valence-corrected chi connectivity index (χ2v) is 14.0. The molecule has 5 heteroatoms. The fourth-order valence-electron chi connectivity index (χ4n) is 7.92. The van der Waals surface area contributed by atoms with E-state index in [1.54, 1.807) is 11.1 Å². The molecule has 3 aliphatic heterocycles. The molecular formula is C39H61N5. The van der Waals surface area contributed by atoms with Crippen LogP contribution >= 0.6 is 0 Å². The average Bonchev–Trinajstić information content (AvgIpc) is 3.53. The number of likely N-dealkylation sites (N-methyl/N-ethyl adjacent to an activating group) is 1. The number of piperidine rings is 1. The van der Waals surface area contributed by atoms with Gasteiger partial charge in [-0.1, -0.05) is 24.6 Å². The van der Waals surface area contributed by atoms with E-state index in [-0.39, 0.29) is 0 Å². The Morgan fingerprint density at radius 1 is 0.955 bits per heavy atom. The third-order valence-corrected chi connectivity index (χ3v) is 10.9. The monoisotopic (exact) mass is 599 g/mol. The summed E-state index contributed by atoms with van der Waals surface area (Å²) in [4.78, 5) is 12.6. The highest BCUT2D eigenvalue weighted by atomic mass is 15.2. The summed E-state index contributed by atoms with van der Waals surface area (Å²) < 4.78 is 0. The molecule has 242 valence electrons. The van der Waals surface area contributed by atoms with Crippen LogP contribution in [0.2, 0.25) is 0 Å². The van der Waals surface area contributed by atoms with Crippen molar-refractivity contribution in [1.82, 2.24) is 15.1 Å². The first-order valence-electron chi connectivity index (χ1n) is 18.2. The lowest BCUT2D eigenvalue weighted by Crippen LogP contribution is -2.39. The van der Waals surface area contributed by atoms with Crippen molar-refractivity contribution in [3.05, 3.63) is 58.5 Å². The van der Waals surface area contributed by atoms with Crippen LogP contribution in [0.1, 0.15) is 108 Å². The summed E-state index contributed by atoms with van der Waals surface area (Å²) in [5, 5.41) is 4.08. The third kappa shape index (κ3) is 9.02. The molecule has 3 heterocycles. The van der Waals surface area contributed by atoms with E-state index >= 15 is 0 Å². The standard InChI is InChI=1S/C39H61N5/c1-5-7-22-40-38-29-37(44-25-9-8-10-26-44)28-35(31(38)3)18-13-32-15-19-36(20-16-32)41-39-34(6-2)17-14-33(30-42(39)4)21-27-43-23-11-12-24-43/h5,7,14,22,28-29,32,36,41H,6,8-13,15-21,23-27,30H2,1-4H3/b7-5+,40-22-. The van der Waals surface area contributed by atoms with Crippen LogP contribution in [0.5, 0.6) is 0 Å². The van der Waals surface area contributed by atoms with Gasteiger partial charge < -0.3 is 20.0 Å². The molecule has 1 aromatic rings. The molecular weight excluding hydrogens is 538 g/mol. The topological polar surface area (TPSA) is 34.1 Å². The number of nitrogens with one attached hydrogen (secondary N) is 1. The Balaban J connectivity index is 1.14. The SMILES string of the molecule is C/C=C/C=N\c1cc(N2CCCCC2)cc(CCC2CCC(NC3=C(CC)CC=C(CCN4CCCC4)CN3C)CC2)c1C. The van der Waals surface area contributed by atoms with Crippen molar-refractivity contribution in [2.75, 3.05) is 51.2 Å². The van der Waals surface area contributed by atoms with E-state index in [1.807, 2.05) is 12.3 Å². The molecule has 1 aliphatic carbocycles. The summed E-state index contributed by atoms with van der Waals surface area (Å²) in [7, 11) is 2.32. The molecule has 2 saturated heterocycles. The first-order chi connectivity index (χ1) is 21.5. The molecule has 0 atom stereocenters. The third-order valence-electron chi connectivity index (χ3n) is 10.9. The number of benzene rings is 1. The Hall–Kier alpha value is -2.53. The van der Waals surface area contributed by atoms with E-state index in [0.717, 1.165) is 31.0 Å². The van der Waals surface area contributed by atoms with Gasteiger partial charge in [-0.25, -0.2) is 0 Å². The number of aliphatic imine (C=N–C) groups is 1. The molecule has 4 aliphatic rings. The van der Waals surface area contributed by atoms with Crippen LogP contribution in [0.15, 0.2) is 52.3 Å². The molecule has 1 aromatic carbocycles. The second kappa shape index (κ2) is 16.7. The fourth-order valence-corrected chi connectivity index (χ4v) is 7.92. The van der Waals surface area contributed by atoms with E-state index in [0.29, 0.717) is 6.04 Å². The lowest BCUT2D eigenvalue weighted by atomic mass is 9.82. The number of aryl methyl sites for hydroxylation is 1. The summed E-state index contributed by atoms with van der Waals surface area (Å²) in [6, 6.07) is 5.43. The van der Waals surface area contributed by atoms with Crippen LogP contribution in [0, 0.1) is 12.8 Å². The quantitative estimate of drug-likeness (QED) is 0.192. The van der Waals surface area contributed by atoms with Crippen LogP contribution in [0.25, 0.3) is 0 Å². The molecule has 0 spiro atoms. The zero-order valence-electron chi connectivity index (χ0n) is 28.5. The number of nitrogens with zero attached hydrogens (tertiary/aromatic N) is 4. The molecule has 0 amide bonds. The molecule has 0 bridgehead atoms. The predicted molar refractivity (Wildman–Crippen MR) is 190 cm³/mol. The largest absolute Gasteiger partial charge is 0.371 e. The van der Waals surface area contributed by atoms with Crippen molar-refractivity contribution in [3.8, 4) is 0 Å². The number of hydrogen-bond donors (Lipinski definition) is 1. The lowest BCUT2D eigenvalue weighted by molar-refractivity contribution is 0.270. The normalized spacial score (nSPS) is 24.0. The summed E-state index contributed by atoms with van der Waals surface area (Å²) in [5.74, 6) is 2.26. The highest BCUT2D eigenvalue weighted by Crippen LogP contribution is 2.35. The minimum absolute atomic E-state index is 0.605. The van der Waals surface area contributed by atoms with E-state index in [9.17, 15) is 0 Å². The summed E-state index contributed by atoms with van der Waals surface area (Å²) in [6.45, 7) is 13.9. The Morgan fingerprint density at radius 3 is 2.43 bits per heavy atom. The van der Waals surface area contributed by atoms with E-state index in [1.165, 1.54) is 132 Å². The van der Waals surface area contributed by atoms with Gasteiger partial charge in [0, 0.05) is 51.2 Å². The average molecular weight is 600 g/mol. The highest BCUT2D eigenvalue weighted by Gasteiger charge is 2.25. The van der Waals surface area contributed by atoms with Gasteiger partial charge in [-0.2, -0.15) is 0 Å². The molecule has 1 saturated carbocycles. The van der Waals surface area contributed by atoms with Crippen LogP contribution in [-0.4, -0.2) is 68.4 Å². The van der Waals surface area contributed by atoms with Crippen molar-refractivity contribution in [2.45, 2.75) is 117 Å². The Bertz CT molecular complexity index is 1170. The zero-order valence-corrected chi connectivity index (χ0v) is 28.5. The van der Waals surface area contributed by atoms with Crippen LogP contribution in [-0.2, 0) is 6.42 Å². The van der Waals surface area contributed by atoms with E-state index in [4.69, 9.17) is 4.99 Å². The molecule has 44 heavy (non-hydrogen) atoms. The van der Waals surface area contributed by atoms with Gasteiger partial charge in [0.15, 0.2) is 0 Å². The van der Waals surface area contributed by atoms with Gasteiger partial charge in [0.25, 0.3) is 0 Å². The summed E-state index contributed by atoms with van der Waals surface area (Å²) >= 11 is 0. The number of anilines is 1. The molecule has 0 unspecified atom stereocenters. The van der Waals surface area contributed by atoms with Crippen LogP contribution in [0.4, 0.5) is 11.4 Å². The minimum atomic E-state index is 0.605. The van der Waals surface area contributed by atoms with Gasteiger partial charge in [-0.15, -0.1) is 0 Å². The van der Waals surface area contributed by atoms with Crippen molar-refractivity contribution in [2.24, 2.45) is 10.9 Å². The van der Waals surface area contributed by atoms with Crippen molar-refractivity contribution in [3.63, 3.8) is 0 Å². The lowest BCUT2D eigenvalue weighted by Gasteiger charge is -2.34. The maximum absolute atomic E-state index is 4.87. The van der Waals surface area contributed by atoms with Crippen molar-refractivity contribution < 1.29 is 0 Å². The smallest absolute Gasteiger partial charge is 0.101 e.